The average Bonchev–Trinajstić information content (AvgIpc) is 3.25. The fraction of sp³-hybridized carbons (Fsp3) is 0.429. The first-order valence-corrected chi connectivity index (χ1v) is 6.59. The van der Waals surface area contributed by atoms with Gasteiger partial charge in [0.05, 0.1) is 5.69 Å². The van der Waals surface area contributed by atoms with Crippen LogP contribution in [0.3, 0.4) is 0 Å². The van der Waals surface area contributed by atoms with Crippen molar-refractivity contribution in [2.75, 3.05) is 11.9 Å². The molecule has 0 spiro atoms. The number of nitrogens with one attached hydrogen (secondary N) is 2. The molecule has 5 nitrogen and oxygen atoms in total. The number of para-hydroxylation sites is 1. The Labute approximate surface area is 116 Å². The SMILES string of the molecule is O=C(Nc1ccccc1F)C(=O)NC(CCO)C1CC1. The predicted octanol–water partition coefficient (Wildman–Crippen LogP) is 1.04. The molecule has 1 atom stereocenters. The summed E-state index contributed by atoms with van der Waals surface area (Å²) in [5.41, 5.74) is -0.0298. The molecule has 20 heavy (non-hydrogen) atoms. The van der Waals surface area contributed by atoms with Crippen LogP contribution in [0.4, 0.5) is 10.1 Å². The Kier molecular flexibility index (Phi) is 4.68. The van der Waals surface area contributed by atoms with Gasteiger partial charge in [0.25, 0.3) is 0 Å². The summed E-state index contributed by atoms with van der Waals surface area (Å²) in [4.78, 5) is 23.4. The first-order valence-electron chi connectivity index (χ1n) is 6.59. The van der Waals surface area contributed by atoms with E-state index in [1.807, 2.05) is 0 Å². The van der Waals surface area contributed by atoms with E-state index in [1.54, 1.807) is 6.07 Å². The number of aliphatic hydroxyl groups is 1. The molecule has 1 saturated carbocycles. The van der Waals surface area contributed by atoms with Crippen LogP contribution in [-0.4, -0.2) is 29.6 Å². The Morgan fingerprint density at radius 2 is 2.00 bits per heavy atom. The molecule has 108 valence electrons. The average molecular weight is 280 g/mol. The zero-order valence-electron chi connectivity index (χ0n) is 10.9. The maximum atomic E-state index is 13.4. The van der Waals surface area contributed by atoms with Crippen molar-refractivity contribution in [2.24, 2.45) is 5.92 Å². The normalized spacial score (nSPS) is 15.5. The van der Waals surface area contributed by atoms with E-state index in [4.69, 9.17) is 5.11 Å². The second kappa shape index (κ2) is 6.47. The number of halogens is 1. The van der Waals surface area contributed by atoms with Gasteiger partial charge >= 0.3 is 11.8 Å². The van der Waals surface area contributed by atoms with Crippen molar-refractivity contribution in [3.63, 3.8) is 0 Å². The van der Waals surface area contributed by atoms with E-state index in [-0.39, 0.29) is 18.3 Å². The molecule has 1 aromatic carbocycles. The number of aliphatic hydroxyl groups excluding tert-OH is 1. The summed E-state index contributed by atoms with van der Waals surface area (Å²) in [7, 11) is 0. The van der Waals surface area contributed by atoms with Crippen molar-refractivity contribution in [2.45, 2.75) is 25.3 Å². The molecule has 1 fully saturated rings. The minimum atomic E-state index is -0.904. The molecule has 1 aliphatic carbocycles. The molecule has 3 N–H and O–H groups in total. The molecule has 0 saturated heterocycles. The molecule has 0 radical (unpaired) electrons. The number of benzene rings is 1. The minimum absolute atomic E-state index is 0.0298. The van der Waals surface area contributed by atoms with Crippen LogP contribution in [0.15, 0.2) is 24.3 Å². The van der Waals surface area contributed by atoms with E-state index in [0.717, 1.165) is 12.8 Å². The van der Waals surface area contributed by atoms with Crippen LogP contribution in [-0.2, 0) is 9.59 Å². The molecule has 0 heterocycles. The highest BCUT2D eigenvalue weighted by Crippen LogP contribution is 2.33. The first-order chi connectivity index (χ1) is 9.61. The van der Waals surface area contributed by atoms with Gasteiger partial charge in [0.15, 0.2) is 0 Å². The topological polar surface area (TPSA) is 78.4 Å². The van der Waals surface area contributed by atoms with Crippen molar-refractivity contribution in [3.8, 4) is 0 Å². The number of amides is 2. The van der Waals surface area contributed by atoms with Gasteiger partial charge in [-0.05, 0) is 37.3 Å². The molecule has 0 aliphatic heterocycles. The Morgan fingerprint density at radius 1 is 1.30 bits per heavy atom. The number of hydrogen-bond donors (Lipinski definition) is 3. The van der Waals surface area contributed by atoms with Crippen molar-refractivity contribution >= 4 is 17.5 Å². The number of anilines is 1. The van der Waals surface area contributed by atoms with E-state index >= 15 is 0 Å². The maximum Gasteiger partial charge on any atom is 0.313 e. The van der Waals surface area contributed by atoms with Gasteiger partial charge in [0.1, 0.15) is 5.82 Å². The monoisotopic (exact) mass is 280 g/mol. The Balaban J connectivity index is 1.91. The van der Waals surface area contributed by atoms with Gasteiger partial charge in [-0.3, -0.25) is 9.59 Å². The summed E-state index contributed by atoms with van der Waals surface area (Å²) in [6, 6.07) is 5.45. The molecule has 1 aromatic rings. The van der Waals surface area contributed by atoms with Crippen LogP contribution in [0.5, 0.6) is 0 Å². The largest absolute Gasteiger partial charge is 0.396 e. The number of hydrogen-bond acceptors (Lipinski definition) is 3. The first kappa shape index (κ1) is 14.5. The van der Waals surface area contributed by atoms with Gasteiger partial charge in [-0.2, -0.15) is 0 Å². The third kappa shape index (κ3) is 3.77. The zero-order chi connectivity index (χ0) is 14.5. The Hall–Kier alpha value is -1.95. The van der Waals surface area contributed by atoms with Crippen LogP contribution >= 0.6 is 0 Å². The number of carbonyl (C=O) groups is 2. The molecule has 2 rings (SSSR count). The van der Waals surface area contributed by atoms with Gasteiger partial charge in [-0.25, -0.2) is 4.39 Å². The third-order valence-electron chi connectivity index (χ3n) is 3.28. The Bertz CT molecular complexity index is 503. The van der Waals surface area contributed by atoms with E-state index in [1.165, 1.54) is 18.2 Å². The lowest BCUT2D eigenvalue weighted by Gasteiger charge is -2.16. The van der Waals surface area contributed by atoms with E-state index in [0.29, 0.717) is 12.3 Å². The second-order valence-electron chi connectivity index (χ2n) is 4.86. The van der Waals surface area contributed by atoms with Gasteiger partial charge in [0, 0.05) is 12.6 Å². The van der Waals surface area contributed by atoms with Gasteiger partial charge < -0.3 is 15.7 Å². The van der Waals surface area contributed by atoms with Crippen molar-refractivity contribution in [1.82, 2.24) is 5.32 Å². The standard InChI is InChI=1S/C14H17FN2O3/c15-10-3-1-2-4-12(10)17-14(20)13(19)16-11(7-8-18)9-5-6-9/h1-4,9,11,18H,5-8H2,(H,16,19)(H,17,20). The molecular weight excluding hydrogens is 263 g/mol. The summed E-state index contributed by atoms with van der Waals surface area (Å²) >= 11 is 0. The second-order valence-corrected chi connectivity index (χ2v) is 4.86. The van der Waals surface area contributed by atoms with E-state index < -0.39 is 17.6 Å². The zero-order valence-corrected chi connectivity index (χ0v) is 10.9. The highest BCUT2D eigenvalue weighted by Gasteiger charge is 2.33. The summed E-state index contributed by atoms with van der Waals surface area (Å²) in [6.07, 6.45) is 2.39. The third-order valence-corrected chi connectivity index (χ3v) is 3.28. The molecule has 1 aliphatic rings. The minimum Gasteiger partial charge on any atom is -0.396 e. The van der Waals surface area contributed by atoms with Gasteiger partial charge in [0.2, 0.25) is 0 Å². The Morgan fingerprint density at radius 3 is 2.60 bits per heavy atom. The van der Waals surface area contributed by atoms with Crippen molar-refractivity contribution in [1.29, 1.82) is 0 Å². The van der Waals surface area contributed by atoms with Crippen molar-refractivity contribution in [3.05, 3.63) is 30.1 Å². The molecule has 6 heteroatoms. The van der Waals surface area contributed by atoms with Crippen LogP contribution in [0, 0.1) is 11.7 Å². The van der Waals surface area contributed by atoms with Gasteiger partial charge in [-0.1, -0.05) is 12.1 Å². The lowest BCUT2D eigenvalue weighted by Crippen LogP contribution is -2.43. The molecule has 1 unspecified atom stereocenters. The van der Waals surface area contributed by atoms with Crippen LogP contribution in [0.25, 0.3) is 0 Å². The smallest absolute Gasteiger partial charge is 0.313 e. The van der Waals surface area contributed by atoms with Crippen LogP contribution < -0.4 is 10.6 Å². The maximum absolute atomic E-state index is 13.4. The molecule has 0 bridgehead atoms. The van der Waals surface area contributed by atoms with Crippen molar-refractivity contribution < 1.29 is 19.1 Å². The predicted molar refractivity (Wildman–Crippen MR) is 71.4 cm³/mol. The molecule has 0 aromatic heterocycles. The van der Waals surface area contributed by atoms with Gasteiger partial charge in [-0.15, -0.1) is 0 Å². The summed E-state index contributed by atoms with van der Waals surface area (Å²) in [5, 5.41) is 13.7. The van der Waals surface area contributed by atoms with E-state index in [2.05, 4.69) is 10.6 Å². The van der Waals surface area contributed by atoms with Crippen LogP contribution in [0.2, 0.25) is 0 Å². The van der Waals surface area contributed by atoms with Crippen LogP contribution in [0.1, 0.15) is 19.3 Å². The molecule has 2 amide bonds. The lowest BCUT2D eigenvalue weighted by molar-refractivity contribution is -0.136. The number of rotatable bonds is 5. The highest BCUT2D eigenvalue weighted by molar-refractivity contribution is 6.39. The molecular formula is C14H17FN2O3. The van der Waals surface area contributed by atoms with E-state index in [9.17, 15) is 14.0 Å². The highest BCUT2D eigenvalue weighted by atomic mass is 19.1. The fourth-order valence-electron chi connectivity index (χ4n) is 2.04. The quantitative estimate of drug-likeness (QED) is 0.705. The summed E-state index contributed by atoms with van der Waals surface area (Å²) in [6.45, 7) is -0.0453. The number of carbonyl (C=O) groups excluding carboxylic acids is 2. The summed E-state index contributed by atoms with van der Waals surface area (Å²) in [5.74, 6) is -1.98. The lowest BCUT2D eigenvalue weighted by atomic mass is 10.1. The summed E-state index contributed by atoms with van der Waals surface area (Å²) < 4.78 is 13.4. The fourth-order valence-corrected chi connectivity index (χ4v) is 2.04.